The number of rotatable bonds is 20. The van der Waals surface area contributed by atoms with Crippen molar-refractivity contribution in [3.63, 3.8) is 0 Å². The third-order valence-electron chi connectivity index (χ3n) is 12.0. The molecule has 0 amide bonds. The highest BCUT2D eigenvalue weighted by Crippen LogP contribution is 2.46. The molecule has 0 fully saturated rings. The quantitative estimate of drug-likeness (QED) is 0.0714. The van der Waals surface area contributed by atoms with Gasteiger partial charge in [0.25, 0.3) is 0 Å². The van der Waals surface area contributed by atoms with Crippen molar-refractivity contribution >= 4 is 0 Å². The second kappa shape index (κ2) is 23.7. The fourth-order valence-electron chi connectivity index (χ4n) is 9.37. The molecule has 0 bridgehead atoms. The molecule has 0 saturated carbocycles. The zero-order chi connectivity index (χ0) is 50.2. The van der Waals surface area contributed by atoms with Gasteiger partial charge in [-0.15, -0.1) is 0 Å². The van der Waals surface area contributed by atoms with Gasteiger partial charge in [0, 0.05) is 85.4 Å². The molecule has 0 aliphatic carbocycles. The van der Waals surface area contributed by atoms with Crippen LogP contribution in [0.3, 0.4) is 0 Å². The molecule has 4 aromatic carbocycles. The SMILES string of the molecule is CN(C)Cc1c(O)c(CN(C)C)c(CN(C)C)c(C(C)(C)c2ccc(O)cc2)c1CN(C)C.CN(C)Cc1c(O)c(CN(C)C)c(CN(C)C)c(C(C)(C)c2ccc(O)cc2)c1CN(C)C. The van der Waals surface area contributed by atoms with Crippen LogP contribution < -0.4 is 0 Å². The zero-order valence-corrected chi connectivity index (χ0v) is 44.6. The summed E-state index contributed by atoms with van der Waals surface area (Å²) in [5, 5.41) is 43.1. The van der Waals surface area contributed by atoms with E-state index in [4.69, 9.17) is 0 Å². The lowest BCUT2D eigenvalue weighted by Crippen LogP contribution is -2.31. The van der Waals surface area contributed by atoms with Crippen LogP contribution in [0.1, 0.15) is 94.5 Å². The predicted molar refractivity (Wildman–Crippen MR) is 276 cm³/mol. The lowest BCUT2D eigenvalue weighted by atomic mass is 9.71. The van der Waals surface area contributed by atoms with Gasteiger partial charge in [0.15, 0.2) is 0 Å². The summed E-state index contributed by atoms with van der Waals surface area (Å²) in [5.41, 5.74) is 12.9. The smallest absolute Gasteiger partial charge is 0.125 e. The van der Waals surface area contributed by atoms with Crippen molar-refractivity contribution in [1.29, 1.82) is 0 Å². The first kappa shape index (κ1) is 56.1. The van der Waals surface area contributed by atoms with E-state index in [1.807, 2.05) is 80.6 Å². The van der Waals surface area contributed by atoms with E-state index in [9.17, 15) is 20.4 Å². The van der Waals surface area contributed by atoms with Gasteiger partial charge in [-0.3, -0.25) is 0 Å². The van der Waals surface area contributed by atoms with E-state index in [-0.39, 0.29) is 22.3 Å². The van der Waals surface area contributed by atoms with Crippen LogP contribution in [0.15, 0.2) is 48.5 Å². The fourth-order valence-corrected chi connectivity index (χ4v) is 9.37. The molecule has 368 valence electrons. The molecular formula is C54H88N8O4. The summed E-state index contributed by atoms with van der Waals surface area (Å²) < 4.78 is 0. The summed E-state index contributed by atoms with van der Waals surface area (Å²) in [5.74, 6) is 1.36. The summed E-state index contributed by atoms with van der Waals surface area (Å²) in [7, 11) is 33.0. The lowest BCUT2D eigenvalue weighted by Gasteiger charge is -2.37. The third kappa shape index (κ3) is 14.4. The van der Waals surface area contributed by atoms with Gasteiger partial charge in [0.2, 0.25) is 0 Å². The maximum Gasteiger partial charge on any atom is 0.125 e. The second-order valence-electron chi connectivity index (χ2n) is 21.5. The Kier molecular flexibility index (Phi) is 20.1. The Hall–Kier alpha value is -4.24. The Labute approximate surface area is 400 Å². The molecule has 0 aromatic heterocycles. The lowest BCUT2D eigenvalue weighted by molar-refractivity contribution is 0.344. The number of hydrogen-bond donors (Lipinski definition) is 4. The van der Waals surface area contributed by atoms with Crippen LogP contribution in [0, 0.1) is 0 Å². The number of hydrogen-bond acceptors (Lipinski definition) is 12. The first-order chi connectivity index (χ1) is 30.5. The van der Waals surface area contributed by atoms with E-state index in [1.54, 1.807) is 24.3 Å². The van der Waals surface area contributed by atoms with Gasteiger partial charge >= 0.3 is 0 Å². The summed E-state index contributed by atoms with van der Waals surface area (Å²) in [6.45, 7) is 14.6. The van der Waals surface area contributed by atoms with E-state index in [2.05, 4.69) is 123 Å². The molecule has 0 radical (unpaired) electrons. The van der Waals surface area contributed by atoms with Gasteiger partial charge in [0.05, 0.1) is 0 Å². The summed E-state index contributed by atoms with van der Waals surface area (Å²) in [6.07, 6.45) is 0. The molecule has 12 nitrogen and oxygen atoms in total. The molecule has 66 heavy (non-hydrogen) atoms. The Morgan fingerprint density at radius 1 is 0.288 bits per heavy atom. The van der Waals surface area contributed by atoms with Crippen molar-refractivity contribution in [1.82, 2.24) is 39.2 Å². The van der Waals surface area contributed by atoms with Crippen molar-refractivity contribution in [2.45, 2.75) is 90.9 Å². The molecule has 4 N–H and O–H groups in total. The van der Waals surface area contributed by atoms with Crippen molar-refractivity contribution in [3.8, 4) is 23.0 Å². The highest BCUT2D eigenvalue weighted by atomic mass is 16.3. The molecule has 0 unspecified atom stereocenters. The zero-order valence-electron chi connectivity index (χ0n) is 44.6. The van der Waals surface area contributed by atoms with Crippen LogP contribution in [0.2, 0.25) is 0 Å². The average molecular weight is 913 g/mol. The number of phenolic OH excluding ortho intramolecular Hbond substituents is 4. The number of nitrogens with zero attached hydrogens (tertiary/aromatic N) is 8. The molecule has 4 rings (SSSR count). The van der Waals surface area contributed by atoms with E-state index < -0.39 is 0 Å². The van der Waals surface area contributed by atoms with E-state index in [1.165, 1.54) is 33.4 Å². The van der Waals surface area contributed by atoms with E-state index in [0.29, 0.717) is 37.7 Å². The minimum absolute atomic E-state index is 0.267. The van der Waals surface area contributed by atoms with Crippen molar-refractivity contribution in [2.75, 3.05) is 113 Å². The predicted octanol–water partition coefficient (Wildman–Crippen LogP) is 7.34. The molecule has 0 atom stereocenters. The van der Waals surface area contributed by atoms with Crippen LogP contribution in [-0.4, -0.2) is 172 Å². The average Bonchev–Trinajstić information content (AvgIpc) is 3.17. The first-order valence-electron chi connectivity index (χ1n) is 23.1. The Balaban J connectivity index is 0.000000350. The largest absolute Gasteiger partial charge is 0.508 e. The summed E-state index contributed by atoms with van der Waals surface area (Å²) in [4.78, 5) is 17.2. The van der Waals surface area contributed by atoms with Gasteiger partial charge in [-0.25, -0.2) is 0 Å². The molecule has 12 heteroatoms. The van der Waals surface area contributed by atoms with Gasteiger partial charge in [-0.05, 0) is 182 Å². The van der Waals surface area contributed by atoms with Crippen LogP contribution in [0.4, 0.5) is 0 Å². The van der Waals surface area contributed by atoms with Gasteiger partial charge < -0.3 is 59.6 Å². The molecule has 4 aromatic rings. The van der Waals surface area contributed by atoms with Crippen LogP contribution >= 0.6 is 0 Å². The fraction of sp³-hybridized carbons (Fsp3) is 0.556. The van der Waals surface area contributed by atoms with Crippen molar-refractivity contribution < 1.29 is 20.4 Å². The van der Waals surface area contributed by atoms with Gasteiger partial charge in [-0.1, -0.05) is 52.0 Å². The Bertz CT molecular complexity index is 1930. The molecule has 0 heterocycles. The van der Waals surface area contributed by atoms with Crippen LogP contribution in [-0.2, 0) is 63.2 Å². The molecule has 0 saturated heterocycles. The minimum Gasteiger partial charge on any atom is -0.508 e. The third-order valence-corrected chi connectivity index (χ3v) is 12.0. The van der Waals surface area contributed by atoms with Crippen molar-refractivity contribution in [3.05, 3.63) is 115 Å². The van der Waals surface area contributed by atoms with Gasteiger partial charge in [0.1, 0.15) is 23.0 Å². The monoisotopic (exact) mass is 913 g/mol. The number of phenols is 4. The van der Waals surface area contributed by atoms with Crippen molar-refractivity contribution in [2.24, 2.45) is 0 Å². The highest BCUT2D eigenvalue weighted by molar-refractivity contribution is 5.61. The summed E-state index contributed by atoms with van der Waals surface area (Å²) >= 11 is 0. The topological polar surface area (TPSA) is 107 Å². The number of aromatic hydroxyl groups is 4. The molecule has 0 aliphatic rings. The maximum absolute atomic E-state index is 11.6. The molecular weight excluding hydrogens is 825 g/mol. The standard InChI is InChI=1S/2C27H44N4O2/c2*1-27(2,19-11-13-20(32)14-12-19)25-21(15-28(3)4)23(17-30(7)8)26(33)24(18-31(9)10)22(25)16-29(5)6/h2*11-14,32-33H,15-18H2,1-10H3. The first-order valence-corrected chi connectivity index (χ1v) is 23.1. The van der Waals surface area contributed by atoms with Gasteiger partial charge in [-0.2, -0.15) is 0 Å². The summed E-state index contributed by atoms with van der Waals surface area (Å²) in [6, 6.07) is 15.1. The van der Waals surface area contributed by atoms with E-state index >= 15 is 0 Å². The van der Waals surface area contributed by atoms with Crippen LogP contribution in [0.25, 0.3) is 0 Å². The minimum atomic E-state index is -0.333. The molecule has 0 spiro atoms. The second-order valence-corrected chi connectivity index (χ2v) is 21.5. The van der Waals surface area contributed by atoms with Crippen LogP contribution in [0.5, 0.6) is 23.0 Å². The number of benzene rings is 4. The maximum atomic E-state index is 11.6. The van der Waals surface area contributed by atoms with E-state index in [0.717, 1.165) is 59.6 Å². The Morgan fingerprint density at radius 3 is 0.621 bits per heavy atom. The normalized spacial score (nSPS) is 12.5. The Morgan fingerprint density at radius 2 is 0.455 bits per heavy atom. The highest BCUT2D eigenvalue weighted by Gasteiger charge is 2.36. The molecule has 0 aliphatic heterocycles.